The van der Waals surface area contributed by atoms with Crippen molar-refractivity contribution in [3.63, 3.8) is 0 Å². The smallest absolute Gasteiger partial charge is 0.261 e. The van der Waals surface area contributed by atoms with Crippen molar-refractivity contribution >= 4 is 30.1 Å². The third kappa shape index (κ3) is 3.80. The van der Waals surface area contributed by atoms with Gasteiger partial charge in [0.05, 0.1) is 11.1 Å². The number of nitrogens with zero attached hydrogens (tertiary/aromatic N) is 1. The molecular formula is C21H20ClF2N3O3. The normalized spacial score (nSPS) is 20.6. The van der Waals surface area contributed by atoms with E-state index in [4.69, 9.17) is 0 Å². The fourth-order valence-electron chi connectivity index (χ4n) is 3.91. The molecule has 2 aromatic rings. The van der Waals surface area contributed by atoms with Gasteiger partial charge in [-0.3, -0.25) is 19.3 Å². The standard InChI is InChI=1S/C21H19F2N3O3.ClH/c1-26-20(28)14-4-2-12(8-15(14)21(26)29)19(27)25-18-10-24-7-6-13(18)11-3-5-16(22)17(23)9-11;/h2-5,8-9,13,18,24H,6-7,10H2,1H3,(H,25,27);1H. The molecule has 2 aliphatic heterocycles. The Balaban J connectivity index is 0.00000256. The summed E-state index contributed by atoms with van der Waals surface area (Å²) in [6.07, 6.45) is 0.651. The van der Waals surface area contributed by atoms with E-state index in [0.717, 1.165) is 11.0 Å². The quantitative estimate of drug-likeness (QED) is 0.726. The molecule has 6 nitrogen and oxygen atoms in total. The molecule has 0 aromatic heterocycles. The lowest BCUT2D eigenvalue weighted by Gasteiger charge is -2.33. The predicted octanol–water partition coefficient (Wildman–Crippen LogP) is 2.49. The van der Waals surface area contributed by atoms with Crippen molar-refractivity contribution in [2.24, 2.45) is 0 Å². The van der Waals surface area contributed by atoms with Crippen molar-refractivity contribution in [2.45, 2.75) is 18.4 Å². The molecule has 9 heteroatoms. The summed E-state index contributed by atoms with van der Waals surface area (Å²) in [5, 5.41) is 6.11. The molecular weight excluding hydrogens is 416 g/mol. The van der Waals surface area contributed by atoms with E-state index >= 15 is 0 Å². The van der Waals surface area contributed by atoms with Crippen LogP contribution in [0.15, 0.2) is 36.4 Å². The number of nitrogens with one attached hydrogen (secondary N) is 2. The van der Waals surface area contributed by atoms with Gasteiger partial charge >= 0.3 is 0 Å². The van der Waals surface area contributed by atoms with Gasteiger partial charge < -0.3 is 10.6 Å². The molecule has 2 aliphatic rings. The van der Waals surface area contributed by atoms with Gasteiger partial charge in [0.25, 0.3) is 17.7 Å². The van der Waals surface area contributed by atoms with Crippen LogP contribution in [0.3, 0.4) is 0 Å². The highest BCUT2D eigenvalue weighted by atomic mass is 35.5. The molecule has 0 spiro atoms. The first-order valence-corrected chi connectivity index (χ1v) is 9.30. The monoisotopic (exact) mass is 435 g/mol. The van der Waals surface area contributed by atoms with Crippen molar-refractivity contribution in [2.75, 3.05) is 20.1 Å². The summed E-state index contributed by atoms with van der Waals surface area (Å²) < 4.78 is 27.0. The number of piperidine rings is 1. The SMILES string of the molecule is CN1C(=O)c2ccc(C(=O)NC3CNCCC3c3ccc(F)c(F)c3)cc2C1=O.Cl. The first kappa shape index (κ1) is 21.9. The minimum absolute atomic E-state index is 0. The number of halogens is 3. The molecule has 158 valence electrons. The molecule has 3 amide bonds. The Morgan fingerprint density at radius 1 is 1.07 bits per heavy atom. The van der Waals surface area contributed by atoms with Crippen LogP contribution in [0.4, 0.5) is 8.78 Å². The van der Waals surface area contributed by atoms with Crippen LogP contribution in [0, 0.1) is 11.6 Å². The second-order valence-corrected chi connectivity index (χ2v) is 7.28. The zero-order valence-corrected chi connectivity index (χ0v) is 16.9. The number of hydrogen-bond acceptors (Lipinski definition) is 4. The van der Waals surface area contributed by atoms with E-state index in [1.165, 1.54) is 37.4 Å². The van der Waals surface area contributed by atoms with E-state index in [-0.39, 0.29) is 41.1 Å². The molecule has 0 saturated carbocycles. The zero-order chi connectivity index (χ0) is 20.7. The van der Waals surface area contributed by atoms with Crippen LogP contribution < -0.4 is 10.6 Å². The summed E-state index contributed by atoms with van der Waals surface area (Å²) in [6, 6.07) is 7.83. The molecule has 0 radical (unpaired) electrons. The van der Waals surface area contributed by atoms with Gasteiger partial charge in [-0.1, -0.05) is 6.07 Å². The van der Waals surface area contributed by atoms with E-state index in [9.17, 15) is 23.2 Å². The van der Waals surface area contributed by atoms with Crippen LogP contribution in [0.2, 0.25) is 0 Å². The maximum atomic E-state index is 13.7. The lowest BCUT2D eigenvalue weighted by atomic mass is 9.85. The number of amides is 3. The van der Waals surface area contributed by atoms with Crippen molar-refractivity contribution in [1.82, 2.24) is 15.5 Å². The Bertz CT molecular complexity index is 1030. The molecule has 4 rings (SSSR count). The molecule has 2 aromatic carbocycles. The summed E-state index contributed by atoms with van der Waals surface area (Å²) in [7, 11) is 1.39. The number of rotatable bonds is 3. The molecule has 2 N–H and O–H groups in total. The number of carbonyl (C=O) groups excluding carboxylic acids is 3. The predicted molar refractivity (Wildman–Crippen MR) is 108 cm³/mol. The largest absolute Gasteiger partial charge is 0.347 e. The molecule has 2 heterocycles. The first-order valence-electron chi connectivity index (χ1n) is 9.30. The molecule has 1 fully saturated rings. The molecule has 2 unspecified atom stereocenters. The number of hydrogen-bond donors (Lipinski definition) is 2. The Labute approximate surface area is 178 Å². The average molecular weight is 436 g/mol. The van der Waals surface area contributed by atoms with Crippen LogP contribution in [0.25, 0.3) is 0 Å². The van der Waals surface area contributed by atoms with Crippen molar-refractivity contribution in [1.29, 1.82) is 0 Å². The van der Waals surface area contributed by atoms with Gasteiger partial charge in [-0.15, -0.1) is 12.4 Å². The van der Waals surface area contributed by atoms with Gasteiger partial charge in [-0.2, -0.15) is 0 Å². The minimum atomic E-state index is -0.919. The number of fused-ring (bicyclic) bond motifs is 1. The molecule has 0 aliphatic carbocycles. The summed E-state index contributed by atoms with van der Waals surface area (Å²) in [5.74, 6) is -3.25. The highest BCUT2D eigenvalue weighted by Crippen LogP contribution is 2.28. The van der Waals surface area contributed by atoms with E-state index in [0.29, 0.717) is 25.1 Å². The van der Waals surface area contributed by atoms with Crippen LogP contribution in [-0.2, 0) is 0 Å². The fourth-order valence-corrected chi connectivity index (χ4v) is 3.91. The van der Waals surface area contributed by atoms with E-state index in [1.807, 2.05) is 0 Å². The minimum Gasteiger partial charge on any atom is -0.347 e. The van der Waals surface area contributed by atoms with Crippen LogP contribution in [0.5, 0.6) is 0 Å². The molecule has 30 heavy (non-hydrogen) atoms. The topological polar surface area (TPSA) is 78.5 Å². The highest BCUT2D eigenvalue weighted by Gasteiger charge is 2.34. The lowest BCUT2D eigenvalue weighted by Crippen LogP contribution is -2.50. The van der Waals surface area contributed by atoms with Gasteiger partial charge in [-0.25, -0.2) is 8.78 Å². The van der Waals surface area contributed by atoms with E-state index in [2.05, 4.69) is 10.6 Å². The van der Waals surface area contributed by atoms with Gasteiger partial charge in [0, 0.05) is 31.1 Å². The van der Waals surface area contributed by atoms with Gasteiger partial charge in [0.2, 0.25) is 0 Å². The van der Waals surface area contributed by atoms with E-state index < -0.39 is 29.4 Å². The summed E-state index contributed by atoms with van der Waals surface area (Å²) in [4.78, 5) is 38.0. The third-order valence-electron chi connectivity index (χ3n) is 5.52. The van der Waals surface area contributed by atoms with Crippen LogP contribution >= 0.6 is 12.4 Å². The zero-order valence-electron chi connectivity index (χ0n) is 16.1. The van der Waals surface area contributed by atoms with Crippen LogP contribution in [-0.4, -0.2) is 48.8 Å². The average Bonchev–Trinajstić information content (AvgIpc) is 2.94. The molecule has 1 saturated heterocycles. The van der Waals surface area contributed by atoms with Gasteiger partial charge in [0.1, 0.15) is 0 Å². The Hall–Kier alpha value is -2.84. The second-order valence-electron chi connectivity index (χ2n) is 7.28. The molecule has 2 atom stereocenters. The van der Waals surface area contributed by atoms with E-state index in [1.54, 1.807) is 0 Å². The van der Waals surface area contributed by atoms with Crippen molar-refractivity contribution < 1.29 is 23.2 Å². The number of benzene rings is 2. The van der Waals surface area contributed by atoms with Crippen molar-refractivity contribution in [3.05, 3.63) is 70.3 Å². The summed E-state index contributed by atoms with van der Waals surface area (Å²) in [5.41, 5.74) is 1.35. The van der Waals surface area contributed by atoms with Crippen molar-refractivity contribution in [3.8, 4) is 0 Å². The maximum Gasteiger partial charge on any atom is 0.261 e. The Morgan fingerprint density at radius 3 is 2.53 bits per heavy atom. The Morgan fingerprint density at radius 2 is 1.80 bits per heavy atom. The van der Waals surface area contributed by atoms with Gasteiger partial charge in [-0.05, 0) is 48.9 Å². The van der Waals surface area contributed by atoms with Crippen LogP contribution in [0.1, 0.15) is 49.0 Å². The number of carbonyl (C=O) groups is 3. The third-order valence-corrected chi connectivity index (χ3v) is 5.52. The Kier molecular flexibility index (Phi) is 6.19. The summed E-state index contributed by atoms with van der Waals surface area (Å²) in [6.45, 7) is 1.17. The maximum absolute atomic E-state index is 13.7. The lowest BCUT2D eigenvalue weighted by molar-refractivity contribution is 0.0693. The number of imide groups is 1. The fraction of sp³-hybridized carbons (Fsp3) is 0.286. The first-order chi connectivity index (χ1) is 13.9. The van der Waals surface area contributed by atoms with Gasteiger partial charge in [0.15, 0.2) is 11.6 Å². The highest BCUT2D eigenvalue weighted by molar-refractivity contribution is 6.21. The summed E-state index contributed by atoms with van der Waals surface area (Å²) >= 11 is 0. The molecule has 0 bridgehead atoms. The second kappa shape index (κ2) is 8.49.